The summed E-state index contributed by atoms with van der Waals surface area (Å²) in [7, 11) is 0. The molecule has 0 aliphatic rings. The van der Waals surface area contributed by atoms with Crippen LogP contribution in [0.3, 0.4) is 0 Å². The second kappa shape index (κ2) is 6.80. The fourth-order valence-electron chi connectivity index (χ4n) is 2.66. The molecule has 0 unspecified atom stereocenters. The highest BCUT2D eigenvalue weighted by Gasteiger charge is 2.16. The van der Waals surface area contributed by atoms with E-state index in [9.17, 15) is 4.79 Å². The second-order valence-electron chi connectivity index (χ2n) is 5.33. The van der Waals surface area contributed by atoms with E-state index in [0.717, 1.165) is 11.1 Å². The zero-order valence-corrected chi connectivity index (χ0v) is 14.8. The third-order valence-electron chi connectivity index (χ3n) is 3.84. The van der Waals surface area contributed by atoms with Crippen molar-refractivity contribution in [3.8, 4) is 17.0 Å². The summed E-state index contributed by atoms with van der Waals surface area (Å²) in [6.45, 7) is 4.33. The molecule has 2 aromatic carbocycles. The number of halogens is 2. The summed E-state index contributed by atoms with van der Waals surface area (Å²) in [5.74, 6) is 0.708. The van der Waals surface area contributed by atoms with E-state index in [0.29, 0.717) is 39.5 Å². The average Bonchev–Trinajstić information content (AvgIpc) is 2.58. The van der Waals surface area contributed by atoms with Gasteiger partial charge >= 0.3 is 0 Å². The Hall–Kier alpha value is -2.10. The van der Waals surface area contributed by atoms with Crippen molar-refractivity contribution in [1.82, 2.24) is 4.98 Å². The van der Waals surface area contributed by atoms with Crippen molar-refractivity contribution in [2.45, 2.75) is 13.8 Å². The van der Waals surface area contributed by atoms with Gasteiger partial charge in [-0.1, -0.05) is 29.8 Å². The standard InChI is InChI=1S/C19H15Cl2NO2/c1-3-24-17-7-5-4-6-13(17)16-10-14(19(21)23)12-8-9-15(20)11(2)18(12)22-16/h4-10H,3H2,1-2H3. The Bertz CT molecular complexity index is 938. The first-order valence-corrected chi connectivity index (χ1v) is 8.30. The molecule has 5 heteroatoms. The van der Waals surface area contributed by atoms with Gasteiger partial charge in [0.2, 0.25) is 0 Å². The predicted molar refractivity (Wildman–Crippen MR) is 98.3 cm³/mol. The first-order chi connectivity index (χ1) is 11.5. The van der Waals surface area contributed by atoms with Gasteiger partial charge in [-0.2, -0.15) is 0 Å². The van der Waals surface area contributed by atoms with Gasteiger partial charge < -0.3 is 4.74 Å². The smallest absolute Gasteiger partial charge is 0.253 e. The third-order valence-corrected chi connectivity index (χ3v) is 4.46. The number of carbonyl (C=O) groups is 1. The molecule has 3 nitrogen and oxygen atoms in total. The zero-order chi connectivity index (χ0) is 17.3. The van der Waals surface area contributed by atoms with Crippen LogP contribution in [0.4, 0.5) is 0 Å². The van der Waals surface area contributed by atoms with E-state index >= 15 is 0 Å². The number of benzene rings is 2. The lowest BCUT2D eigenvalue weighted by Crippen LogP contribution is -1.99. The molecule has 0 bridgehead atoms. The Morgan fingerprint density at radius 3 is 2.67 bits per heavy atom. The highest BCUT2D eigenvalue weighted by Crippen LogP contribution is 2.34. The number of aryl methyl sites for hydroxylation is 1. The van der Waals surface area contributed by atoms with Gasteiger partial charge in [0, 0.05) is 21.5 Å². The second-order valence-corrected chi connectivity index (χ2v) is 6.08. The van der Waals surface area contributed by atoms with Gasteiger partial charge in [0.05, 0.1) is 17.8 Å². The summed E-state index contributed by atoms with van der Waals surface area (Å²) in [5, 5.41) is 0.756. The molecule has 0 atom stereocenters. The van der Waals surface area contributed by atoms with Crippen LogP contribution >= 0.6 is 23.2 Å². The van der Waals surface area contributed by atoms with Crippen LogP contribution < -0.4 is 4.74 Å². The number of rotatable bonds is 4. The van der Waals surface area contributed by atoms with Crippen LogP contribution in [0.1, 0.15) is 22.8 Å². The number of para-hydroxylation sites is 1. The molecule has 0 radical (unpaired) electrons. The molecule has 0 aliphatic heterocycles. The molecule has 0 N–H and O–H groups in total. The van der Waals surface area contributed by atoms with E-state index in [1.807, 2.05) is 38.1 Å². The minimum Gasteiger partial charge on any atom is -0.493 e. The van der Waals surface area contributed by atoms with Gasteiger partial charge in [0.15, 0.2) is 0 Å². The largest absolute Gasteiger partial charge is 0.493 e. The molecule has 0 amide bonds. The molecule has 0 aliphatic carbocycles. The predicted octanol–water partition coefficient (Wildman–Crippen LogP) is 5.64. The maximum Gasteiger partial charge on any atom is 0.253 e. The summed E-state index contributed by atoms with van der Waals surface area (Å²) >= 11 is 12.0. The summed E-state index contributed by atoms with van der Waals surface area (Å²) in [6.07, 6.45) is 0. The number of carbonyl (C=O) groups excluding carboxylic acids is 1. The van der Waals surface area contributed by atoms with E-state index < -0.39 is 5.24 Å². The summed E-state index contributed by atoms with van der Waals surface area (Å²) in [5.41, 5.74) is 3.31. The summed E-state index contributed by atoms with van der Waals surface area (Å²) in [4.78, 5) is 16.6. The topological polar surface area (TPSA) is 39.2 Å². The lowest BCUT2D eigenvalue weighted by Gasteiger charge is -2.13. The molecule has 0 spiro atoms. The Morgan fingerprint density at radius 2 is 1.96 bits per heavy atom. The van der Waals surface area contributed by atoms with Crippen LogP contribution in [0.15, 0.2) is 42.5 Å². The van der Waals surface area contributed by atoms with E-state index in [-0.39, 0.29) is 0 Å². The lowest BCUT2D eigenvalue weighted by atomic mass is 10.0. The fourth-order valence-corrected chi connectivity index (χ4v) is 2.97. The molecule has 1 aromatic heterocycles. The van der Waals surface area contributed by atoms with Crippen LogP contribution in [-0.2, 0) is 0 Å². The number of pyridine rings is 1. The highest BCUT2D eigenvalue weighted by molar-refractivity contribution is 6.68. The molecule has 122 valence electrons. The number of fused-ring (bicyclic) bond motifs is 1. The maximum atomic E-state index is 11.9. The van der Waals surface area contributed by atoms with E-state index in [2.05, 4.69) is 0 Å². The quantitative estimate of drug-likeness (QED) is 0.565. The molecule has 24 heavy (non-hydrogen) atoms. The van der Waals surface area contributed by atoms with Gasteiger partial charge in [-0.25, -0.2) is 4.98 Å². The molecule has 0 saturated carbocycles. The third kappa shape index (κ3) is 2.97. The summed E-state index contributed by atoms with van der Waals surface area (Å²) in [6, 6.07) is 12.8. The normalized spacial score (nSPS) is 10.8. The van der Waals surface area contributed by atoms with Crippen molar-refractivity contribution in [3.05, 3.63) is 58.6 Å². The minimum absolute atomic E-state index is 0.405. The Kier molecular flexibility index (Phi) is 4.74. The Balaban J connectivity index is 2.34. The first-order valence-electron chi connectivity index (χ1n) is 7.54. The van der Waals surface area contributed by atoms with E-state index in [4.69, 9.17) is 32.9 Å². The molecular weight excluding hydrogens is 345 g/mol. The Labute approximate surface area is 150 Å². The van der Waals surface area contributed by atoms with Crippen LogP contribution in [0.25, 0.3) is 22.2 Å². The summed E-state index contributed by atoms with van der Waals surface area (Å²) < 4.78 is 5.67. The van der Waals surface area contributed by atoms with Crippen molar-refractivity contribution in [2.24, 2.45) is 0 Å². The van der Waals surface area contributed by atoms with Crippen molar-refractivity contribution in [3.63, 3.8) is 0 Å². The SMILES string of the molecule is CCOc1ccccc1-c1cc(C(=O)Cl)c2ccc(Cl)c(C)c2n1. The molecule has 0 fully saturated rings. The van der Waals surface area contributed by atoms with Crippen molar-refractivity contribution >= 4 is 39.3 Å². The van der Waals surface area contributed by atoms with Crippen molar-refractivity contribution in [1.29, 1.82) is 0 Å². The van der Waals surface area contributed by atoms with Gasteiger partial charge in [-0.05, 0) is 55.3 Å². The van der Waals surface area contributed by atoms with Crippen LogP contribution in [-0.4, -0.2) is 16.8 Å². The van der Waals surface area contributed by atoms with Gasteiger partial charge in [-0.15, -0.1) is 0 Å². The van der Waals surface area contributed by atoms with E-state index in [1.54, 1.807) is 18.2 Å². The van der Waals surface area contributed by atoms with Crippen LogP contribution in [0.5, 0.6) is 5.75 Å². The van der Waals surface area contributed by atoms with Gasteiger partial charge in [0.1, 0.15) is 5.75 Å². The molecule has 3 aromatic rings. The monoisotopic (exact) mass is 359 g/mol. The van der Waals surface area contributed by atoms with Crippen molar-refractivity contribution in [2.75, 3.05) is 6.61 Å². The van der Waals surface area contributed by atoms with E-state index in [1.165, 1.54) is 0 Å². The van der Waals surface area contributed by atoms with Crippen LogP contribution in [0, 0.1) is 6.92 Å². The Morgan fingerprint density at radius 1 is 1.21 bits per heavy atom. The van der Waals surface area contributed by atoms with Gasteiger partial charge in [-0.3, -0.25) is 4.79 Å². The number of hydrogen-bond acceptors (Lipinski definition) is 3. The fraction of sp³-hybridized carbons (Fsp3) is 0.158. The minimum atomic E-state index is -0.528. The molecule has 0 saturated heterocycles. The number of hydrogen-bond donors (Lipinski definition) is 0. The molecule has 1 heterocycles. The maximum absolute atomic E-state index is 11.9. The molecule has 3 rings (SSSR count). The zero-order valence-electron chi connectivity index (χ0n) is 13.3. The van der Waals surface area contributed by atoms with Crippen molar-refractivity contribution < 1.29 is 9.53 Å². The highest BCUT2D eigenvalue weighted by atomic mass is 35.5. The van der Waals surface area contributed by atoms with Crippen LogP contribution in [0.2, 0.25) is 5.02 Å². The number of aromatic nitrogens is 1. The van der Waals surface area contributed by atoms with Gasteiger partial charge in [0.25, 0.3) is 5.24 Å². The molecular formula is C19H15Cl2NO2. The number of nitrogens with zero attached hydrogens (tertiary/aromatic N) is 1. The number of ether oxygens (including phenoxy) is 1. The lowest BCUT2D eigenvalue weighted by molar-refractivity contribution is 0.108. The average molecular weight is 360 g/mol. The first kappa shape index (κ1) is 16.7.